The molecule has 3 aromatic rings. The zero-order valence-corrected chi connectivity index (χ0v) is 20.9. The summed E-state index contributed by atoms with van der Waals surface area (Å²) < 4.78 is 43.2. The third-order valence-electron chi connectivity index (χ3n) is 5.96. The Bertz CT molecular complexity index is 1350. The van der Waals surface area contributed by atoms with Crippen LogP contribution >= 0.6 is 0 Å². The number of hydrogen-bond donors (Lipinski definition) is 1. The Morgan fingerprint density at radius 3 is 2.61 bits per heavy atom. The van der Waals surface area contributed by atoms with Gasteiger partial charge in [-0.05, 0) is 63.9 Å². The van der Waals surface area contributed by atoms with E-state index in [1.807, 2.05) is 19.1 Å². The number of halogens is 2. The largest absolute Gasteiger partial charge is 0.478 e. The number of amides is 1. The van der Waals surface area contributed by atoms with E-state index >= 15 is 4.39 Å². The number of imidazole rings is 1. The summed E-state index contributed by atoms with van der Waals surface area (Å²) in [6, 6.07) is 4.79. The number of fused-ring (bicyclic) bond motifs is 1. The lowest BCUT2D eigenvalue weighted by Gasteiger charge is -2.34. The fourth-order valence-corrected chi connectivity index (χ4v) is 4.34. The maximum atomic E-state index is 15.3. The maximum absolute atomic E-state index is 15.3. The van der Waals surface area contributed by atoms with E-state index < -0.39 is 41.0 Å². The highest BCUT2D eigenvalue weighted by Gasteiger charge is 2.31. The molecule has 3 heterocycles. The number of benzene rings is 1. The summed E-state index contributed by atoms with van der Waals surface area (Å²) in [6.07, 6.45) is 1.15. The van der Waals surface area contributed by atoms with Crippen molar-refractivity contribution >= 4 is 17.7 Å². The number of aromatic nitrogens is 2. The second-order valence-corrected chi connectivity index (χ2v) is 10.0. The van der Waals surface area contributed by atoms with E-state index in [9.17, 15) is 19.1 Å². The average molecular weight is 502 g/mol. The molecule has 4 rings (SSSR count). The fraction of sp³-hybridized carbons (Fsp3) is 0.423. The Morgan fingerprint density at radius 2 is 1.94 bits per heavy atom. The Hall–Kier alpha value is -3.53. The number of carbonyl (C=O) groups is 2. The van der Waals surface area contributed by atoms with Gasteiger partial charge in [0.15, 0.2) is 11.6 Å². The number of rotatable bonds is 4. The van der Waals surface area contributed by atoms with Crippen molar-refractivity contribution in [1.29, 1.82) is 0 Å². The molecule has 0 spiro atoms. The second kappa shape index (κ2) is 9.50. The van der Waals surface area contributed by atoms with Gasteiger partial charge in [0, 0.05) is 24.7 Å². The summed E-state index contributed by atoms with van der Waals surface area (Å²) in [5.74, 6) is -4.26. The first-order chi connectivity index (χ1) is 16.9. The lowest BCUT2D eigenvalue weighted by Crippen LogP contribution is -2.48. The highest BCUT2D eigenvalue weighted by molar-refractivity contribution is 5.89. The van der Waals surface area contributed by atoms with Crippen LogP contribution in [0.25, 0.3) is 16.9 Å². The molecule has 1 fully saturated rings. The predicted molar refractivity (Wildman–Crippen MR) is 128 cm³/mol. The minimum Gasteiger partial charge on any atom is -0.478 e. The summed E-state index contributed by atoms with van der Waals surface area (Å²) in [6.45, 7) is 9.71. The molecule has 1 N–H and O–H groups in total. The first-order valence-corrected chi connectivity index (χ1v) is 11.6. The third-order valence-corrected chi connectivity index (χ3v) is 5.96. The SMILES string of the molecule is Cc1ccn2c(C[C@H]3CN(C(=O)OC(C)(C)C)CCO3)c(-c3c(C)cc(C(=O)O)c(F)c3F)nc2c1. The summed E-state index contributed by atoms with van der Waals surface area (Å²) in [4.78, 5) is 30.1. The number of carbonyl (C=O) groups excluding carboxylic acids is 1. The van der Waals surface area contributed by atoms with Crippen molar-refractivity contribution in [2.45, 2.75) is 52.7 Å². The molecule has 1 saturated heterocycles. The number of hydrogen-bond acceptors (Lipinski definition) is 5. The van der Waals surface area contributed by atoms with Gasteiger partial charge in [-0.25, -0.2) is 23.4 Å². The molecule has 0 radical (unpaired) electrons. The first kappa shape index (κ1) is 25.6. The molecule has 8 nitrogen and oxygen atoms in total. The number of morpholine rings is 1. The number of ether oxygens (including phenoxy) is 2. The summed E-state index contributed by atoms with van der Waals surface area (Å²) in [5, 5.41) is 9.25. The van der Waals surface area contributed by atoms with Crippen LogP contribution in [-0.2, 0) is 15.9 Å². The van der Waals surface area contributed by atoms with Gasteiger partial charge < -0.3 is 23.9 Å². The minimum absolute atomic E-state index is 0.103. The standard InChI is InChI=1S/C26H29F2N3O5/c1-14-6-7-31-18(12-16-13-30(8-9-35-16)25(34)36-26(3,4)5)23(29-19(31)10-14)20-15(2)11-17(24(32)33)21(27)22(20)28/h6-7,10-11,16H,8-9,12-13H2,1-5H3,(H,32,33)/t16-/m0/s1. The van der Waals surface area contributed by atoms with Crippen LogP contribution in [0, 0.1) is 25.5 Å². The van der Waals surface area contributed by atoms with Gasteiger partial charge in [0.05, 0.1) is 36.2 Å². The Kier molecular flexibility index (Phi) is 6.74. The molecule has 0 aliphatic carbocycles. The molecule has 0 unspecified atom stereocenters. The normalized spacial score (nSPS) is 16.4. The van der Waals surface area contributed by atoms with E-state index in [4.69, 9.17) is 9.47 Å². The molecule has 10 heteroatoms. The molecule has 1 aliphatic rings. The highest BCUT2D eigenvalue weighted by atomic mass is 19.2. The van der Waals surface area contributed by atoms with Gasteiger partial charge in [-0.1, -0.05) is 0 Å². The molecule has 0 saturated carbocycles. The van der Waals surface area contributed by atoms with Crippen molar-refractivity contribution in [2.24, 2.45) is 0 Å². The highest BCUT2D eigenvalue weighted by Crippen LogP contribution is 2.34. The van der Waals surface area contributed by atoms with E-state index in [1.54, 1.807) is 36.3 Å². The van der Waals surface area contributed by atoms with Crippen molar-refractivity contribution in [3.63, 3.8) is 0 Å². The lowest BCUT2D eigenvalue weighted by atomic mass is 9.98. The number of carboxylic acids is 1. The zero-order chi connectivity index (χ0) is 26.4. The van der Waals surface area contributed by atoms with Crippen LogP contribution in [0.3, 0.4) is 0 Å². The molecule has 1 atom stereocenters. The van der Waals surface area contributed by atoms with Gasteiger partial charge in [-0.2, -0.15) is 0 Å². The Balaban J connectivity index is 1.76. The van der Waals surface area contributed by atoms with E-state index in [0.717, 1.165) is 11.6 Å². The van der Waals surface area contributed by atoms with Crippen LogP contribution < -0.4 is 0 Å². The summed E-state index contributed by atoms with van der Waals surface area (Å²) in [7, 11) is 0. The van der Waals surface area contributed by atoms with Crippen LogP contribution in [-0.4, -0.2) is 62.9 Å². The minimum atomic E-state index is -1.55. The molecule has 1 amide bonds. The van der Waals surface area contributed by atoms with Gasteiger partial charge in [0.2, 0.25) is 0 Å². The smallest absolute Gasteiger partial charge is 0.410 e. The summed E-state index contributed by atoms with van der Waals surface area (Å²) >= 11 is 0. The first-order valence-electron chi connectivity index (χ1n) is 11.6. The van der Waals surface area contributed by atoms with Crippen molar-refractivity contribution in [2.75, 3.05) is 19.7 Å². The van der Waals surface area contributed by atoms with E-state index in [2.05, 4.69) is 4.98 Å². The Morgan fingerprint density at radius 1 is 1.22 bits per heavy atom. The second-order valence-electron chi connectivity index (χ2n) is 10.0. The number of nitrogens with zero attached hydrogens (tertiary/aromatic N) is 3. The molecule has 0 bridgehead atoms. The maximum Gasteiger partial charge on any atom is 0.410 e. The molecular weight excluding hydrogens is 472 g/mol. The predicted octanol–water partition coefficient (Wildman–Crippen LogP) is 4.77. The number of aromatic carboxylic acids is 1. The van der Waals surface area contributed by atoms with Crippen LogP contribution in [0.5, 0.6) is 0 Å². The van der Waals surface area contributed by atoms with Crippen LogP contribution in [0.2, 0.25) is 0 Å². The average Bonchev–Trinajstić information content (AvgIpc) is 3.12. The molecule has 1 aliphatic heterocycles. The molecule has 192 valence electrons. The van der Waals surface area contributed by atoms with Gasteiger partial charge in [-0.15, -0.1) is 0 Å². The molecule has 1 aromatic carbocycles. The van der Waals surface area contributed by atoms with Gasteiger partial charge in [0.1, 0.15) is 11.2 Å². The van der Waals surface area contributed by atoms with Crippen molar-refractivity contribution in [3.8, 4) is 11.3 Å². The van der Waals surface area contributed by atoms with Gasteiger partial charge >= 0.3 is 12.1 Å². The molecule has 36 heavy (non-hydrogen) atoms. The quantitative estimate of drug-likeness (QED) is 0.554. The number of carboxylic acid groups (broad SMARTS) is 1. The number of pyridine rings is 1. The number of aryl methyl sites for hydroxylation is 2. The topological polar surface area (TPSA) is 93.4 Å². The van der Waals surface area contributed by atoms with E-state index in [0.29, 0.717) is 24.5 Å². The molecule has 2 aromatic heterocycles. The van der Waals surface area contributed by atoms with E-state index in [1.165, 1.54) is 6.92 Å². The monoisotopic (exact) mass is 501 g/mol. The van der Waals surface area contributed by atoms with Crippen LogP contribution in [0.1, 0.15) is 48.0 Å². The third kappa shape index (κ3) is 5.04. The Labute approximate surface area is 207 Å². The van der Waals surface area contributed by atoms with Gasteiger partial charge in [-0.3, -0.25) is 0 Å². The fourth-order valence-electron chi connectivity index (χ4n) is 4.34. The lowest BCUT2D eigenvalue weighted by molar-refractivity contribution is -0.0418. The van der Waals surface area contributed by atoms with Crippen LogP contribution in [0.15, 0.2) is 24.4 Å². The van der Waals surface area contributed by atoms with Crippen molar-refractivity contribution in [1.82, 2.24) is 14.3 Å². The molecular formula is C26H29F2N3O5. The summed E-state index contributed by atoms with van der Waals surface area (Å²) in [5.41, 5.74) is 0.981. The zero-order valence-electron chi connectivity index (χ0n) is 20.9. The van der Waals surface area contributed by atoms with E-state index in [-0.39, 0.29) is 29.8 Å². The van der Waals surface area contributed by atoms with Crippen molar-refractivity contribution in [3.05, 3.63) is 58.4 Å². The van der Waals surface area contributed by atoms with Crippen molar-refractivity contribution < 1.29 is 33.0 Å². The van der Waals surface area contributed by atoms with Crippen LogP contribution in [0.4, 0.5) is 13.6 Å². The van der Waals surface area contributed by atoms with Gasteiger partial charge in [0.25, 0.3) is 0 Å².